The minimum atomic E-state index is -0.397. The van der Waals surface area contributed by atoms with Gasteiger partial charge in [0.15, 0.2) is 0 Å². The van der Waals surface area contributed by atoms with E-state index in [1.54, 1.807) is 0 Å². The molecule has 0 atom stereocenters. The Morgan fingerprint density at radius 1 is 1.19 bits per heavy atom. The normalized spacial score (nSPS) is 23.2. The summed E-state index contributed by atoms with van der Waals surface area (Å²) in [5.74, 6) is 0.831. The van der Waals surface area contributed by atoms with Crippen LogP contribution < -0.4 is 10.6 Å². The summed E-state index contributed by atoms with van der Waals surface area (Å²) < 4.78 is 0. The van der Waals surface area contributed by atoms with Crippen LogP contribution >= 0.6 is 0 Å². The highest BCUT2D eigenvalue weighted by Crippen LogP contribution is 2.18. The highest BCUT2D eigenvalue weighted by molar-refractivity contribution is 5.85. The molecule has 2 aliphatic rings. The lowest BCUT2D eigenvalue weighted by atomic mass is 9.95. The van der Waals surface area contributed by atoms with E-state index < -0.39 is 5.54 Å². The van der Waals surface area contributed by atoms with Crippen LogP contribution in [0.2, 0.25) is 0 Å². The summed E-state index contributed by atoms with van der Waals surface area (Å²) in [6, 6.07) is 0. The molecule has 0 aromatic carbocycles. The Bertz CT molecular complexity index is 331. The molecule has 0 bridgehead atoms. The van der Waals surface area contributed by atoms with Crippen molar-refractivity contribution >= 4 is 5.91 Å². The maximum Gasteiger partial charge on any atom is 0.239 e. The number of nitrogens with one attached hydrogen (secondary N) is 2. The fourth-order valence-electron chi connectivity index (χ4n) is 3.33. The number of carbonyl (C=O) groups excluding carboxylic acids is 1. The second kappa shape index (κ2) is 7.56. The number of hydrogen-bond donors (Lipinski definition) is 2. The summed E-state index contributed by atoms with van der Waals surface area (Å²) >= 11 is 0. The summed E-state index contributed by atoms with van der Waals surface area (Å²) in [6.07, 6.45) is 2.42. The van der Waals surface area contributed by atoms with Crippen LogP contribution in [0.1, 0.15) is 33.6 Å². The van der Waals surface area contributed by atoms with Gasteiger partial charge in [0.05, 0.1) is 5.54 Å². The average molecular weight is 296 g/mol. The lowest BCUT2D eigenvalue weighted by Crippen LogP contribution is -2.60. The van der Waals surface area contributed by atoms with Crippen molar-refractivity contribution in [2.45, 2.75) is 39.2 Å². The predicted octanol–water partition coefficient (Wildman–Crippen LogP) is 0.518. The van der Waals surface area contributed by atoms with Crippen LogP contribution in [0, 0.1) is 5.92 Å². The average Bonchev–Trinajstić information content (AvgIpc) is 2.53. The van der Waals surface area contributed by atoms with Crippen molar-refractivity contribution in [1.29, 1.82) is 0 Å². The fraction of sp³-hybridized carbons (Fsp3) is 0.938. The molecule has 0 radical (unpaired) electrons. The van der Waals surface area contributed by atoms with Crippen LogP contribution in [0.25, 0.3) is 0 Å². The lowest BCUT2D eigenvalue weighted by molar-refractivity contribution is -0.132. The van der Waals surface area contributed by atoms with E-state index in [-0.39, 0.29) is 5.91 Å². The monoisotopic (exact) mass is 296 g/mol. The maximum absolute atomic E-state index is 12.5. The van der Waals surface area contributed by atoms with E-state index in [9.17, 15) is 4.79 Å². The Morgan fingerprint density at radius 3 is 2.38 bits per heavy atom. The topological polar surface area (TPSA) is 47.6 Å². The van der Waals surface area contributed by atoms with Crippen molar-refractivity contribution in [3.05, 3.63) is 0 Å². The highest BCUT2D eigenvalue weighted by atomic mass is 16.2. The number of nitrogens with zero attached hydrogens (tertiary/aromatic N) is 2. The van der Waals surface area contributed by atoms with Crippen molar-refractivity contribution in [3.8, 4) is 0 Å². The molecule has 2 rings (SSSR count). The van der Waals surface area contributed by atoms with Gasteiger partial charge >= 0.3 is 0 Å². The summed E-state index contributed by atoms with van der Waals surface area (Å²) in [4.78, 5) is 17.3. The van der Waals surface area contributed by atoms with Crippen LogP contribution in [0.3, 0.4) is 0 Å². The van der Waals surface area contributed by atoms with Gasteiger partial charge < -0.3 is 15.5 Å². The maximum atomic E-state index is 12.5. The summed E-state index contributed by atoms with van der Waals surface area (Å²) in [5.41, 5.74) is -0.397. The van der Waals surface area contributed by atoms with Gasteiger partial charge in [0.1, 0.15) is 0 Å². The number of likely N-dealkylation sites (tertiary alicyclic amines) is 1. The first-order chi connectivity index (χ1) is 10.0. The van der Waals surface area contributed by atoms with E-state index in [4.69, 9.17) is 0 Å². The van der Waals surface area contributed by atoms with Gasteiger partial charge in [0, 0.05) is 32.7 Å². The number of hydrogen-bond acceptors (Lipinski definition) is 4. The molecule has 0 unspecified atom stereocenters. The van der Waals surface area contributed by atoms with Crippen LogP contribution in [-0.2, 0) is 4.79 Å². The Hall–Kier alpha value is -0.650. The van der Waals surface area contributed by atoms with Crippen molar-refractivity contribution in [3.63, 3.8) is 0 Å². The quantitative estimate of drug-likeness (QED) is 0.776. The van der Waals surface area contributed by atoms with Gasteiger partial charge in [0.25, 0.3) is 0 Å². The third kappa shape index (κ3) is 4.41. The zero-order valence-corrected chi connectivity index (χ0v) is 14.0. The third-order valence-electron chi connectivity index (χ3n) is 5.17. The minimum Gasteiger partial charge on any atom is -0.354 e. The van der Waals surface area contributed by atoms with E-state index in [0.717, 1.165) is 39.3 Å². The summed E-state index contributed by atoms with van der Waals surface area (Å²) in [5, 5.41) is 6.54. The molecule has 0 spiro atoms. The van der Waals surface area contributed by atoms with Gasteiger partial charge in [-0.1, -0.05) is 6.92 Å². The van der Waals surface area contributed by atoms with Crippen molar-refractivity contribution in [1.82, 2.24) is 20.4 Å². The molecular formula is C16H32N4O. The molecule has 2 saturated heterocycles. The van der Waals surface area contributed by atoms with Crippen LogP contribution in [0.15, 0.2) is 0 Å². The predicted molar refractivity (Wildman–Crippen MR) is 86.4 cm³/mol. The molecule has 5 heteroatoms. The second-order valence-corrected chi connectivity index (χ2v) is 6.88. The first-order valence-corrected chi connectivity index (χ1v) is 8.50. The van der Waals surface area contributed by atoms with E-state index >= 15 is 0 Å². The molecule has 0 aliphatic carbocycles. The Labute approximate surface area is 129 Å². The van der Waals surface area contributed by atoms with Crippen molar-refractivity contribution in [2.24, 2.45) is 5.92 Å². The number of piperazine rings is 1. The van der Waals surface area contributed by atoms with Gasteiger partial charge in [-0.2, -0.15) is 0 Å². The summed E-state index contributed by atoms with van der Waals surface area (Å²) in [7, 11) is 0. The van der Waals surface area contributed by atoms with E-state index in [0.29, 0.717) is 5.92 Å². The largest absolute Gasteiger partial charge is 0.354 e. The molecule has 0 saturated carbocycles. The highest BCUT2D eigenvalue weighted by Gasteiger charge is 2.35. The third-order valence-corrected chi connectivity index (χ3v) is 5.17. The van der Waals surface area contributed by atoms with Crippen molar-refractivity contribution in [2.75, 3.05) is 52.4 Å². The molecule has 5 nitrogen and oxygen atoms in total. The Kier molecular flexibility index (Phi) is 6.02. The number of piperidine rings is 1. The van der Waals surface area contributed by atoms with Gasteiger partial charge in [0.2, 0.25) is 5.91 Å². The Balaban J connectivity index is 1.75. The number of amides is 1. The fourth-order valence-corrected chi connectivity index (χ4v) is 3.33. The smallest absolute Gasteiger partial charge is 0.239 e. The number of carbonyl (C=O) groups is 1. The molecular weight excluding hydrogens is 264 g/mol. The van der Waals surface area contributed by atoms with Crippen molar-refractivity contribution < 1.29 is 4.79 Å². The second-order valence-electron chi connectivity index (χ2n) is 6.88. The van der Waals surface area contributed by atoms with Crippen LogP contribution in [0.4, 0.5) is 0 Å². The number of rotatable bonds is 5. The Morgan fingerprint density at radius 2 is 1.81 bits per heavy atom. The molecule has 1 amide bonds. The molecule has 0 aromatic heterocycles. The zero-order chi connectivity index (χ0) is 15.3. The first kappa shape index (κ1) is 16.7. The molecule has 2 heterocycles. The molecule has 2 fully saturated rings. The molecule has 2 aliphatic heterocycles. The van der Waals surface area contributed by atoms with Gasteiger partial charge in [-0.3, -0.25) is 9.69 Å². The van der Waals surface area contributed by atoms with E-state index in [1.165, 1.54) is 25.9 Å². The molecule has 2 N–H and O–H groups in total. The van der Waals surface area contributed by atoms with Gasteiger partial charge in [-0.05, 0) is 52.2 Å². The SMILES string of the molecule is CCN1CCC(CNC(=O)C(C)(C)N2CCNCC2)CC1. The first-order valence-electron chi connectivity index (χ1n) is 8.50. The summed E-state index contributed by atoms with van der Waals surface area (Å²) in [6.45, 7) is 14.5. The van der Waals surface area contributed by atoms with Gasteiger partial charge in [-0.15, -0.1) is 0 Å². The molecule has 122 valence electrons. The van der Waals surface area contributed by atoms with Crippen LogP contribution in [0.5, 0.6) is 0 Å². The molecule has 0 aromatic rings. The lowest BCUT2D eigenvalue weighted by Gasteiger charge is -2.40. The standard InChI is InChI=1S/C16H32N4O/c1-4-19-9-5-14(6-10-19)13-18-15(21)16(2,3)20-11-7-17-8-12-20/h14,17H,4-13H2,1-3H3,(H,18,21). The zero-order valence-electron chi connectivity index (χ0n) is 14.0. The van der Waals surface area contributed by atoms with E-state index in [2.05, 4.69) is 27.4 Å². The molecule has 21 heavy (non-hydrogen) atoms. The minimum absolute atomic E-state index is 0.183. The van der Waals surface area contributed by atoms with Gasteiger partial charge in [-0.25, -0.2) is 0 Å². The van der Waals surface area contributed by atoms with E-state index in [1.807, 2.05) is 13.8 Å². The van der Waals surface area contributed by atoms with Crippen LogP contribution in [-0.4, -0.2) is 73.6 Å².